The zero-order valence-corrected chi connectivity index (χ0v) is 10.4. The van der Waals surface area contributed by atoms with E-state index < -0.39 is 0 Å². The molecule has 2 aromatic rings. The predicted molar refractivity (Wildman–Crippen MR) is 71.3 cm³/mol. The molecule has 1 aromatic carbocycles. The number of pyridine rings is 1. The summed E-state index contributed by atoms with van der Waals surface area (Å²) in [4.78, 5) is 4.20. The van der Waals surface area contributed by atoms with Gasteiger partial charge in [-0.25, -0.2) is 0 Å². The Kier molecular flexibility index (Phi) is 3.71. The maximum atomic E-state index is 5.67. The predicted octanol–water partition coefficient (Wildman–Crippen LogP) is 2.79. The summed E-state index contributed by atoms with van der Waals surface area (Å²) < 4.78 is 0. The zero-order chi connectivity index (χ0) is 12.3. The Balaban J connectivity index is 2.46. The van der Waals surface area contributed by atoms with E-state index in [2.05, 4.69) is 42.5 Å². The summed E-state index contributed by atoms with van der Waals surface area (Å²) in [5.74, 6) is 6.27. The van der Waals surface area contributed by atoms with Crippen molar-refractivity contribution in [1.29, 1.82) is 0 Å². The number of rotatable bonds is 4. The van der Waals surface area contributed by atoms with Crippen molar-refractivity contribution in [3.63, 3.8) is 0 Å². The molecule has 1 atom stereocenters. The first kappa shape index (κ1) is 12.0. The first-order valence-electron chi connectivity index (χ1n) is 6.01. The van der Waals surface area contributed by atoms with Gasteiger partial charge < -0.3 is 0 Å². The first-order chi connectivity index (χ1) is 8.22. The number of hydrazine groups is 1. The highest BCUT2D eigenvalue weighted by atomic mass is 15.2. The molecule has 0 aliphatic rings. The summed E-state index contributed by atoms with van der Waals surface area (Å²) >= 11 is 0. The molecule has 1 aromatic heterocycles. The summed E-state index contributed by atoms with van der Waals surface area (Å²) in [7, 11) is 0. The van der Waals surface area contributed by atoms with Crippen LogP contribution in [0.4, 0.5) is 0 Å². The van der Waals surface area contributed by atoms with Crippen molar-refractivity contribution < 1.29 is 0 Å². The van der Waals surface area contributed by atoms with Gasteiger partial charge in [0.25, 0.3) is 0 Å². The second kappa shape index (κ2) is 5.25. The van der Waals surface area contributed by atoms with Crippen LogP contribution in [-0.2, 0) is 0 Å². The van der Waals surface area contributed by atoms with E-state index in [-0.39, 0.29) is 6.04 Å². The third-order valence-electron chi connectivity index (χ3n) is 3.00. The molecule has 3 N–H and O–H groups in total. The van der Waals surface area contributed by atoms with Crippen molar-refractivity contribution in [2.75, 3.05) is 0 Å². The third-order valence-corrected chi connectivity index (χ3v) is 3.00. The molecule has 0 aliphatic heterocycles. The lowest BCUT2D eigenvalue weighted by molar-refractivity contribution is 0.440. The van der Waals surface area contributed by atoms with E-state index in [1.807, 2.05) is 18.5 Å². The van der Waals surface area contributed by atoms with Gasteiger partial charge in [-0.2, -0.15) is 0 Å². The maximum Gasteiger partial charge on any atom is 0.0469 e. The highest BCUT2D eigenvalue weighted by molar-refractivity contribution is 5.85. The van der Waals surface area contributed by atoms with E-state index in [4.69, 9.17) is 5.84 Å². The summed E-state index contributed by atoms with van der Waals surface area (Å²) in [6, 6.07) is 8.51. The van der Waals surface area contributed by atoms with Crippen molar-refractivity contribution >= 4 is 10.8 Å². The second-order valence-electron chi connectivity index (χ2n) is 4.79. The first-order valence-corrected chi connectivity index (χ1v) is 6.01. The molecule has 90 valence electrons. The maximum absolute atomic E-state index is 5.67. The number of benzene rings is 1. The fourth-order valence-corrected chi connectivity index (χ4v) is 2.20. The minimum Gasteiger partial charge on any atom is -0.271 e. The van der Waals surface area contributed by atoms with Gasteiger partial charge in [-0.05, 0) is 29.4 Å². The molecular weight excluding hydrogens is 210 g/mol. The molecule has 0 saturated heterocycles. The van der Waals surface area contributed by atoms with Gasteiger partial charge in [0.15, 0.2) is 0 Å². The molecular formula is C14H19N3. The van der Waals surface area contributed by atoms with E-state index in [0.717, 1.165) is 6.42 Å². The monoisotopic (exact) mass is 229 g/mol. The van der Waals surface area contributed by atoms with Gasteiger partial charge >= 0.3 is 0 Å². The topological polar surface area (TPSA) is 50.9 Å². The van der Waals surface area contributed by atoms with Crippen molar-refractivity contribution in [1.82, 2.24) is 10.4 Å². The molecule has 0 aliphatic carbocycles. The van der Waals surface area contributed by atoms with Crippen LogP contribution in [0.2, 0.25) is 0 Å². The summed E-state index contributed by atoms with van der Waals surface area (Å²) in [6.45, 7) is 4.40. The summed E-state index contributed by atoms with van der Waals surface area (Å²) in [5, 5.41) is 2.39. The largest absolute Gasteiger partial charge is 0.271 e. The van der Waals surface area contributed by atoms with E-state index in [1.165, 1.54) is 16.3 Å². The van der Waals surface area contributed by atoms with Gasteiger partial charge in [-0.1, -0.05) is 32.0 Å². The van der Waals surface area contributed by atoms with Crippen LogP contribution in [0.25, 0.3) is 10.8 Å². The smallest absolute Gasteiger partial charge is 0.0469 e. The Bertz CT molecular complexity index is 488. The standard InChI is InChI=1S/C14H19N3/c1-10(2)8-14(17-15)12-5-3-4-11-6-7-16-9-13(11)12/h3-7,9-10,14,17H,8,15H2,1-2H3. The molecule has 0 bridgehead atoms. The Morgan fingerprint density at radius 2 is 2.12 bits per heavy atom. The SMILES string of the molecule is CC(C)CC(NN)c1cccc2ccncc12. The highest BCUT2D eigenvalue weighted by Crippen LogP contribution is 2.27. The molecule has 0 radical (unpaired) electrons. The zero-order valence-electron chi connectivity index (χ0n) is 10.4. The van der Waals surface area contributed by atoms with Crippen molar-refractivity contribution in [3.05, 3.63) is 42.2 Å². The quantitative estimate of drug-likeness (QED) is 0.626. The van der Waals surface area contributed by atoms with Gasteiger partial charge in [0.1, 0.15) is 0 Å². The number of hydrogen-bond acceptors (Lipinski definition) is 3. The molecule has 0 spiro atoms. The number of nitrogens with one attached hydrogen (secondary N) is 1. The van der Waals surface area contributed by atoms with E-state index in [0.29, 0.717) is 5.92 Å². The molecule has 17 heavy (non-hydrogen) atoms. The van der Waals surface area contributed by atoms with E-state index in [9.17, 15) is 0 Å². The minimum absolute atomic E-state index is 0.183. The van der Waals surface area contributed by atoms with Crippen LogP contribution in [0.1, 0.15) is 31.9 Å². The number of nitrogens with zero attached hydrogens (tertiary/aromatic N) is 1. The van der Waals surface area contributed by atoms with Crippen LogP contribution in [0, 0.1) is 5.92 Å². The molecule has 2 rings (SSSR count). The van der Waals surface area contributed by atoms with Crippen molar-refractivity contribution in [2.24, 2.45) is 11.8 Å². The molecule has 1 unspecified atom stereocenters. The van der Waals surface area contributed by atoms with Gasteiger partial charge in [0.2, 0.25) is 0 Å². The van der Waals surface area contributed by atoms with Gasteiger partial charge in [-0.3, -0.25) is 16.3 Å². The third kappa shape index (κ3) is 2.62. The molecule has 3 heteroatoms. The Morgan fingerprint density at radius 1 is 1.29 bits per heavy atom. The van der Waals surface area contributed by atoms with Crippen LogP contribution in [0.3, 0.4) is 0 Å². The number of fused-ring (bicyclic) bond motifs is 1. The van der Waals surface area contributed by atoms with Gasteiger partial charge in [0, 0.05) is 23.8 Å². The lowest BCUT2D eigenvalue weighted by Gasteiger charge is -2.20. The molecule has 0 amide bonds. The molecule has 1 heterocycles. The molecule has 3 nitrogen and oxygen atoms in total. The Labute approximate surface area is 102 Å². The number of nitrogens with two attached hydrogens (primary N) is 1. The number of aromatic nitrogens is 1. The lowest BCUT2D eigenvalue weighted by atomic mass is 9.94. The molecule has 0 saturated carbocycles. The Morgan fingerprint density at radius 3 is 2.82 bits per heavy atom. The van der Waals surface area contributed by atoms with E-state index in [1.54, 1.807) is 0 Å². The average molecular weight is 229 g/mol. The molecule has 0 fully saturated rings. The fraction of sp³-hybridized carbons (Fsp3) is 0.357. The highest BCUT2D eigenvalue weighted by Gasteiger charge is 2.14. The van der Waals surface area contributed by atoms with Gasteiger partial charge in [0.05, 0.1) is 0 Å². The number of hydrogen-bond donors (Lipinski definition) is 2. The lowest BCUT2D eigenvalue weighted by Crippen LogP contribution is -2.29. The van der Waals surface area contributed by atoms with Crippen molar-refractivity contribution in [3.8, 4) is 0 Å². The van der Waals surface area contributed by atoms with Crippen LogP contribution >= 0.6 is 0 Å². The van der Waals surface area contributed by atoms with Crippen LogP contribution < -0.4 is 11.3 Å². The minimum atomic E-state index is 0.183. The second-order valence-corrected chi connectivity index (χ2v) is 4.79. The van der Waals surface area contributed by atoms with Crippen LogP contribution in [0.5, 0.6) is 0 Å². The van der Waals surface area contributed by atoms with Crippen LogP contribution in [-0.4, -0.2) is 4.98 Å². The van der Waals surface area contributed by atoms with Crippen LogP contribution in [0.15, 0.2) is 36.7 Å². The summed E-state index contributed by atoms with van der Waals surface area (Å²) in [6.07, 6.45) is 4.75. The summed E-state index contributed by atoms with van der Waals surface area (Å²) in [5.41, 5.74) is 4.14. The fourth-order valence-electron chi connectivity index (χ4n) is 2.20. The average Bonchev–Trinajstić information content (AvgIpc) is 2.35. The van der Waals surface area contributed by atoms with Crippen molar-refractivity contribution in [2.45, 2.75) is 26.3 Å². The Hall–Kier alpha value is -1.45. The van der Waals surface area contributed by atoms with E-state index >= 15 is 0 Å². The normalized spacial score (nSPS) is 13.2. The van der Waals surface area contributed by atoms with Gasteiger partial charge in [-0.15, -0.1) is 0 Å².